The molecular weight excluding hydrogens is 627 g/mol. The van der Waals surface area contributed by atoms with E-state index in [1.807, 2.05) is 18.2 Å². The maximum absolute atomic E-state index is 14.0. The number of β-amino-alcohol motifs (C(OH)–C–C–N with tert-alkyl or cyclic N) is 1. The van der Waals surface area contributed by atoms with Gasteiger partial charge < -0.3 is 20.4 Å². The Labute approximate surface area is 269 Å². The lowest BCUT2D eigenvalue weighted by Crippen LogP contribution is -2.46. The first kappa shape index (κ1) is 33.3. The summed E-state index contributed by atoms with van der Waals surface area (Å²) < 4.78 is 70.8. The molecule has 2 fully saturated rings. The SMILES string of the molecule is OC(CN1CCC(O)(c2ccccn2)CC1)Cn1nc(-c2ccc(C(F)(F)F)c(SCCN3CCC(F)(F)C3)c2)c2c1CCNC2. The summed E-state index contributed by atoms with van der Waals surface area (Å²) in [5.74, 6) is -2.50. The fourth-order valence-corrected chi connectivity index (χ4v) is 7.78. The van der Waals surface area contributed by atoms with E-state index in [2.05, 4.69) is 15.2 Å². The monoisotopic (exact) mass is 666 g/mol. The summed E-state index contributed by atoms with van der Waals surface area (Å²) in [6, 6.07) is 9.50. The van der Waals surface area contributed by atoms with Crippen molar-refractivity contribution < 1.29 is 32.2 Å². The van der Waals surface area contributed by atoms with Crippen LogP contribution in [0.15, 0.2) is 47.5 Å². The fourth-order valence-electron chi connectivity index (χ4n) is 6.66. The second-order valence-corrected chi connectivity index (χ2v) is 13.7. The van der Waals surface area contributed by atoms with E-state index in [-0.39, 0.29) is 43.2 Å². The highest BCUT2D eigenvalue weighted by Crippen LogP contribution is 2.40. The highest BCUT2D eigenvalue weighted by atomic mass is 32.2. The molecule has 0 aliphatic carbocycles. The van der Waals surface area contributed by atoms with Crippen LogP contribution in [0.3, 0.4) is 0 Å². The van der Waals surface area contributed by atoms with Gasteiger partial charge in [-0.15, -0.1) is 11.8 Å². The predicted molar refractivity (Wildman–Crippen MR) is 165 cm³/mol. The number of piperidine rings is 1. The molecule has 8 nitrogen and oxygen atoms in total. The van der Waals surface area contributed by atoms with Gasteiger partial charge in [0.05, 0.1) is 36.1 Å². The van der Waals surface area contributed by atoms with Crippen molar-refractivity contribution in [2.45, 2.75) is 67.5 Å². The molecule has 250 valence electrons. The van der Waals surface area contributed by atoms with Crippen LogP contribution in [0.2, 0.25) is 0 Å². The molecule has 3 aliphatic rings. The number of fused-ring (bicyclic) bond motifs is 1. The van der Waals surface area contributed by atoms with E-state index < -0.39 is 29.4 Å². The molecule has 0 bridgehead atoms. The number of halogens is 5. The minimum Gasteiger partial charge on any atom is -0.390 e. The number of aliphatic hydroxyl groups excluding tert-OH is 1. The number of nitrogens with zero attached hydrogens (tertiary/aromatic N) is 5. The molecule has 5 heterocycles. The summed E-state index contributed by atoms with van der Waals surface area (Å²) in [6.45, 7) is 3.18. The minimum atomic E-state index is -4.56. The standard InChI is InChI=1S/C32H39F5N6O2S/c33-31(34)9-14-42(21-31)15-16-46-27-17-22(4-5-25(27)32(35,36)37)29-24-18-38-11-6-26(24)43(40-29)20-23(44)19-41-12-7-30(45,8-13-41)28-3-1-2-10-39-28/h1-5,10,17,23,38,44-45H,6-9,11-16,18-21H2. The van der Waals surface area contributed by atoms with E-state index in [9.17, 15) is 32.2 Å². The number of aliphatic hydroxyl groups is 2. The number of hydrogen-bond donors (Lipinski definition) is 3. The summed E-state index contributed by atoms with van der Waals surface area (Å²) in [6.07, 6.45) is -2.20. The van der Waals surface area contributed by atoms with Crippen molar-refractivity contribution in [3.05, 3.63) is 65.1 Å². The Bertz CT molecular complexity index is 1500. The van der Waals surface area contributed by atoms with Gasteiger partial charge in [0.25, 0.3) is 5.92 Å². The van der Waals surface area contributed by atoms with Gasteiger partial charge >= 0.3 is 6.18 Å². The van der Waals surface area contributed by atoms with Crippen molar-refractivity contribution in [2.75, 3.05) is 51.6 Å². The van der Waals surface area contributed by atoms with Crippen molar-refractivity contribution in [1.29, 1.82) is 0 Å². The van der Waals surface area contributed by atoms with E-state index in [0.717, 1.165) is 35.6 Å². The number of nitrogens with one attached hydrogen (secondary N) is 1. The summed E-state index contributed by atoms with van der Waals surface area (Å²) >= 11 is 1.02. The molecule has 0 saturated carbocycles. The number of thioether (sulfide) groups is 1. The second-order valence-electron chi connectivity index (χ2n) is 12.5. The highest BCUT2D eigenvalue weighted by Gasteiger charge is 2.39. The van der Waals surface area contributed by atoms with E-state index in [1.54, 1.807) is 15.8 Å². The summed E-state index contributed by atoms with van der Waals surface area (Å²) in [5, 5.41) is 30.3. The predicted octanol–water partition coefficient (Wildman–Crippen LogP) is 4.39. The van der Waals surface area contributed by atoms with Crippen LogP contribution in [0.1, 0.15) is 41.8 Å². The van der Waals surface area contributed by atoms with Gasteiger partial charge in [-0.25, -0.2) is 8.78 Å². The van der Waals surface area contributed by atoms with Crippen LogP contribution >= 0.6 is 11.8 Å². The smallest absolute Gasteiger partial charge is 0.390 e. The van der Waals surface area contributed by atoms with Gasteiger partial charge in [-0.3, -0.25) is 14.6 Å². The highest BCUT2D eigenvalue weighted by molar-refractivity contribution is 7.99. The van der Waals surface area contributed by atoms with Crippen LogP contribution < -0.4 is 5.32 Å². The zero-order valence-corrected chi connectivity index (χ0v) is 26.3. The Balaban J connectivity index is 1.15. The maximum atomic E-state index is 14.0. The van der Waals surface area contributed by atoms with Crippen molar-refractivity contribution >= 4 is 11.8 Å². The molecule has 0 spiro atoms. The largest absolute Gasteiger partial charge is 0.417 e. The number of benzene rings is 1. The molecule has 2 aromatic heterocycles. The molecule has 0 amide bonds. The van der Waals surface area contributed by atoms with Crippen LogP contribution in [0, 0.1) is 0 Å². The van der Waals surface area contributed by atoms with E-state index in [0.29, 0.717) is 62.4 Å². The molecule has 6 rings (SSSR count). The Kier molecular flexibility index (Phi) is 9.75. The van der Waals surface area contributed by atoms with Gasteiger partial charge in [0.15, 0.2) is 0 Å². The lowest BCUT2D eigenvalue weighted by atomic mass is 9.87. The number of hydrogen-bond acceptors (Lipinski definition) is 8. The summed E-state index contributed by atoms with van der Waals surface area (Å²) in [7, 11) is 0. The number of alkyl halides is 5. The van der Waals surface area contributed by atoms with Crippen molar-refractivity contribution in [1.82, 2.24) is 29.9 Å². The minimum absolute atomic E-state index is 0.0406. The van der Waals surface area contributed by atoms with Crippen LogP contribution in [0.4, 0.5) is 22.0 Å². The Morgan fingerprint density at radius 3 is 2.50 bits per heavy atom. The molecule has 14 heteroatoms. The van der Waals surface area contributed by atoms with Crippen LogP contribution in [0.25, 0.3) is 11.3 Å². The Morgan fingerprint density at radius 2 is 1.80 bits per heavy atom. The average molecular weight is 667 g/mol. The quantitative estimate of drug-likeness (QED) is 0.217. The number of aromatic nitrogens is 3. The second kappa shape index (κ2) is 13.5. The first-order chi connectivity index (χ1) is 21.9. The Hall–Kier alpha value is -2.62. The third-order valence-corrected chi connectivity index (χ3v) is 10.2. The molecule has 3 aliphatic heterocycles. The molecule has 2 saturated heterocycles. The van der Waals surface area contributed by atoms with Crippen LogP contribution in [-0.4, -0.2) is 98.4 Å². The first-order valence-electron chi connectivity index (χ1n) is 15.7. The molecule has 1 atom stereocenters. The number of pyridine rings is 1. The molecule has 46 heavy (non-hydrogen) atoms. The molecule has 3 N–H and O–H groups in total. The van der Waals surface area contributed by atoms with Crippen LogP contribution in [-0.2, 0) is 31.3 Å². The molecule has 3 aromatic rings. The van der Waals surface area contributed by atoms with E-state index in [1.165, 1.54) is 12.1 Å². The van der Waals surface area contributed by atoms with E-state index >= 15 is 0 Å². The number of likely N-dealkylation sites (tertiary alicyclic amines) is 2. The third-order valence-electron chi connectivity index (χ3n) is 9.16. The van der Waals surface area contributed by atoms with Gasteiger partial charge in [-0.05, 0) is 37.1 Å². The Morgan fingerprint density at radius 1 is 1.02 bits per heavy atom. The maximum Gasteiger partial charge on any atom is 0.417 e. The van der Waals surface area contributed by atoms with Gasteiger partial charge in [0.1, 0.15) is 5.60 Å². The zero-order chi connectivity index (χ0) is 32.5. The first-order valence-corrected chi connectivity index (χ1v) is 16.7. The van der Waals surface area contributed by atoms with Crippen molar-refractivity contribution in [3.8, 4) is 11.3 Å². The summed E-state index contributed by atoms with van der Waals surface area (Å²) in [4.78, 5) is 8.07. The normalized spacial score (nSPS) is 20.9. The molecule has 0 radical (unpaired) electrons. The molecular formula is C32H39F5N6O2S. The summed E-state index contributed by atoms with van der Waals surface area (Å²) in [5.41, 5.74) is 1.86. The number of rotatable bonds is 10. The van der Waals surface area contributed by atoms with Gasteiger partial charge in [-0.2, -0.15) is 18.3 Å². The van der Waals surface area contributed by atoms with Crippen LogP contribution in [0.5, 0.6) is 0 Å². The molecule has 1 aromatic carbocycles. The van der Waals surface area contributed by atoms with Gasteiger partial charge in [-0.1, -0.05) is 12.1 Å². The lowest BCUT2D eigenvalue weighted by Gasteiger charge is -2.38. The zero-order valence-electron chi connectivity index (χ0n) is 25.4. The average Bonchev–Trinajstić information content (AvgIpc) is 3.57. The van der Waals surface area contributed by atoms with Gasteiger partial charge in [0, 0.05) is 92.3 Å². The van der Waals surface area contributed by atoms with Gasteiger partial charge in [0.2, 0.25) is 0 Å². The third kappa shape index (κ3) is 7.57. The topological polar surface area (TPSA) is 89.7 Å². The molecule has 1 unspecified atom stereocenters. The van der Waals surface area contributed by atoms with Crippen molar-refractivity contribution in [3.63, 3.8) is 0 Å². The van der Waals surface area contributed by atoms with E-state index in [4.69, 9.17) is 5.10 Å². The lowest BCUT2D eigenvalue weighted by molar-refractivity contribution is -0.139. The fraction of sp³-hybridized carbons (Fsp3) is 0.562. The van der Waals surface area contributed by atoms with Crippen molar-refractivity contribution in [2.24, 2.45) is 0 Å².